The standard InChI is InChI=1S/C55H38N2/c1-37-23-34-50-51(35-37)55(41-25-24-38-13-5-6-14-40(38)36-41)49-20-8-7-19-48(49)54(50)39-26-28-43(29-27-39)56(42-15-3-2-4-16-42)44-30-32-45(33-31-44)57-52-21-11-9-17-46(52)47-18-10-12-22-53(47)57/h2-36H,1H3. The molecule has 10 aromatic carbocycles. The van der Waals surface area contributed by atoms with E-state index in [9.17, 15) is 0 Å². The molecule has 11 aromatic rings. The van der Waals surface area contributed by atoms with Gasteiger partial charge in [0, 0.05) is 33.5 Å². The number of hydrogen-bond acceptors (Lipinski definition) is 1. The molecule has 0 fully saturated rings. The molecule has 0 aliphatic carbocycles. The van der Waals surface area contributed by atoms with E-state index in [1.54, 1.807) is 0 Å². The van der Waals surface area contributed by atoms with Gasteiger partial charge in [0.15, 0.2) is 0 Å². The fourth-order valence-corrected chi connectivity index (χ4v) is 9.01. The van der Waals surface area contributed by atoms with Gasteiger partial charge in [-0.15, -0.1) is 0 Å². The Morgan fingerprint density at radius 2 is 0.825 bits per heavy atom. The first-order chi connectivity index (χ1) is 28.2. The Hall–Kier alpha value is -7.42. The summed E-state index contributed by atoms with van der Waals surface area (Å²) in [6.07, 6.45) is 0. The SMILES string of the molecule is Cc1ccc2c(-c3ccc(N(c4ccccc4)c4ccc(-n5c6ccccc6c6ccccc65)cc4)cc3)c3ccccc3c(-c3ccc4ccccc4c3)c2c1. The molecule has 0 bridgehead atoms. The highest BCUT2D eigenvalue weighted by molar-refractivity contribution is 6.22. The van der Waals surface area contributed by atoms with Gasteiger partial charge >= 0.3 is 0 Å². The Bertz CT molecular complexity index is 3230. The minimum Gasteiger partial charge on any atom is -0.311 e. The van der Waals surface area contributed by atoms with Crippen molar-refractivity contribution in [3.63, 3.8) is 0 Å². The van der Waals surface area contributed by atoms with E-state index >= 15 is 0 Å². The number of fused-ring (bicyclic) bond motifs is 6. The summed E-state index contributed by atoms with van der Waals surface area (Å²) in [7, 11) is 0. The lowest BCUT2D eigenvalue weighted by atomic mass is 9.85. The van der Waals surface area contributed by atoms with Gasteiger partial charge in [0.1, 0.15) is 0 Å². The summed E-state index contributed by atoms with van der Waals surface area (Å²) in [6, 6.07) is 77.5. The maximum atomic E-state index is 2.37. The molecule has 0 amide bonds. The molecule has 0 aliphatic heterocycles. The Morgan fingerprint density at radius 1 is 0.333 bits per heavy atom. The largest absolute Gasteiger partial charge is 0.311 e. The zero-order valence-electron chi connectivity index (χ0n) is 31.6. The molecule has 1 aromatic heterocycles. The van der Waals surface area contributed by atoms with E-state index in [-0.39, 0.29) is 0 Å². The molecule has 0 N–H and O–H groups in total. The molecule has 0 atom stereocenters. The molecular weight excluding hydrogens is 689 g/mol. The van der Waals surface area contributed by atoms with Gasteiger partial charge in [-0.05, 0) is 128 Å². The molecule has 0 spiro atoms. The van der Waals surface area contributed by atoms with Crippen LogP contribution >= 0.6 is 0 Å². The van der Waals surface area contributed by atoms with Crippen molar-refractivity contribution in [1.82, 2.24) is 4.57 Å². The predicted molar refractivity (Wildman–Crippen MR) is 244 cm³/mol. The van der Waals surface area contributed by atoms with E-state index in [1.807, 2.05) is 0 Å². The van der Waals surface area contributed by atoms with Gasteiger partial charge in [-0.3, -0.25) is 0 Å². The van der Waals surface area contributed by atoms with E-state index in [1.165, 1.54) is 81.9 Å². The molecule has 0 aliphatic rings. The van der Waals surface area contributed by atoms with Crippen molar-refractivity contribution >= 4 is 71.2 Å². The topological polar surface area (TPSA) is 8.17 Å². The summed E-state index contributed by atoms with van der Waals surface area (Å²) in [4.78, 5) is 2.35. The Kier molecular flexibility index (Phi) is 7.75. The predicted octanol–water partition coefficient (Wildman–Crippen LogP) is 15.4. The first-order valence-electron chi connectivity index (χ1n) is 19.7. The summed E-state index contributed by atoms with van der Waals surface area (Å²) in [5.41, 5.74) is 13.1. The number of aryl methyl sites for hydroxylation is 1. The van der Waals surface area contributed by atoms with Gasteiger partial charge in [0.05, 0.1) is 11.0 Å². The van der Waals surface area contributed by atoms with Gasteiger partial charge in [-0.25, -0.2) is 0 Å². The zero-order chi connectivity index (χ0) is 37.9. The number of aromatic nitrogens is 1. The lowest BCUT2D eigenvalue weighted by Gasteiger charge is -2.26. The van der Waals surface area contributed by atoms with Crippen LogP contribution in [0.15, 0.2) is 212 Å². The van der Waals surface area contributed by atoms with Gasteiger partial charge in [-0.2, -0.15) is 0 Å². The van der Waals surface area contributed by atoms with Gasteiger partial charge in [0.25, 0.3) is 0 Å². The molecule has 0 unspecified atom stereocenters. The fourth-order valence-electron chi connectivity index (χ4n) is 9.01. The third-order valence-electron chi connectivity index (χ3n) is 11.6. The van der Waals surface area contributed by atoms with Crippen molar-refractivity contribution in [2.45, 2.75) is 6.92 Å². The van der Waals surface area contributed by atoms with Crippen LogP contribution in [-0.4, -0.2) is 4.57 Å². The average molecular weight is 727 g/mol. The van der Waals surface area contributed by atoms with E-state index in [0.29, 0.717) is 0 Å². The maximum Gasteiger partial charge on any atom is 0.0541 e. The van der Waals surface area contributed by atoms with Crippen molar-refractivity contribution < 1.29 is 0 Å². The number of nitrogens with zero attached hydrogens (tertiary/aromatic N) is 2. The lowest BCUT2D eigenvalue weighted by molar-refractivity contribution is 1.17. The molecule has 1 heterocycles. The molecule has 11 rings (SSSR count). The van der Waals surface area contributed by atoms with E-state index in [4.69, 9.17) is 0 Å². The second kappa shape index (κ2) is 13.4. The molecule has 268 valence electrons. The van der Waals surface area contributed by atoms with E-state index in [2.05, 4.69) is 229 Å². The molecule has 0 radical (unpaired) electrons. The Morgan fingerprint density at radius 3 is 1.49 bits per heavy atom. The van der Waals surface area contributed by atoms with Crippen LogP contribution in [0.4, 0.5) is 17.1 Å². The van der Waals surface area contributed by atoms with Crippen LogP contribution in [0.3, 0.4) is 0 Å². The van der Waals surface area contributed by atoms with E-state index in [0.717, 1.165) is 22.7 Å². The number of anilines is 3. The summed E-state index contributed by atoms with van der Waals surface area (Å²) < 4.78 is 2.37. The number of rotatable bonds is 6. The van der Waals surface area contributed by atoms with Crippen molar-refractivity contribution in [2.24, 2.45) is 0 Å². The van der Waals surface area contributed by atoms with Gasteiger partial charge in [-0.1, -0.05) is 151 Å². The summed E-state index contributed by atoms with van der Waals surface area (Å²) in [5, 5.41) is 10.1. The van der Waals surface area contributed by atoms with Crippen LogP contribution in [0.2, 0.25) is 0 Å². The molecule has 2 heteroatoms. The molecule has 0 saturated carbocycles. The minimum absolute atomic E-state index is 1.10. The van der Waals surface area contributed by atoms with Crippen molar-refractivity contribution in [3.05, 3.63) is 218 Å². The number of hydrogen-bond donors (Lipinski definition) is 0. The van der Waals surface area contributed by atoms with Crippen molar-refractivity contribution in [2.75, 3.05) is 4.90 Å². The molecular formula is C55H38N2. The van der Waals surface area contributed by atoms with Gasteiger partial charge in [0.2, 0.25) is 0 Å². The second-order valence-corrected chi connectivity index (χ2v) is 15.0. The fraction of sp³-hybridized carbons (Fsp3) is 0.0182. The zero-order valence-corrected chi connectivity index (χ0v) is 31.6. The molecule has 0 saturated heterocycles. The number of para-hydroxylation sites is 3. The average Bonchev–Trinajstić information content (AvgIpc) is 3.61. The molecule has 57 heavy (non-hydrogen) atoms. The smallest absolute Gasteiger partial charge is 0.0541 e. The third-order valence-corrected chi connectivity index (χ3v) is 11.6. The van der Waals surface area contributed by atoms with Crippen molar-refractivity contribution in [3.8, 4) is 27.9 Å². The van der Waals surface area contributed by atoms with Crippen LogP contribution in [0.25, 0.3) is 82.1 Å². The van der Waals surface area contributed by atoms with Crippen LogP contribution in [0, 0.1) is 6.92 Å². The quantitative estimate of drug-likeness (QED) is 0.155. The van der Waals surface area contributed by atoms with Crippen molar-refractivity contribution in [1.29, 1.82) is 0 Å². The summed E-state index contributed by atoms with van der Waals surface area (Å²) in [5.74, 6) is 0. The first kappa shape index (κ1) is 33.0. The lowest BCUT2D eigenvalue weighted by Crippen LogP contribution is -2.10. The van der Waals surface area contributed by atoms with Crippen LogP contribution < -0.4 is 4.90 Å². The highest BCUT2D eigenvalue weighted by Gasteiger charge is 2.19. The van der Waals surface area contributed by atoms with Gasteiger partial charge < -0.3 is 9.47 Å². The van der Waals surface area contributed by atoms with Crippen LogP contribution in [-0.2, 0) is 0 Å². The summed E-state index contributed by atoms with van der Waals surface area (Å²) in [6.45, 7) is 2.20. The second-order valence-electron chi connectivity index (χ2n) is 15.0. The first-order valence-corrected chi connectivity index (χ1v) is 19.7. The van der Waals surface area contributed by atoms with Crippen LogP contribution in [0.5, 0.6) is 0 Å². The number of benzene rings is 10. The third kappa shape index (κ3) is 5.49. The highest BCUT2D eigenvalue weighted by atomic mass is 15.1. The minimum atomic E-state index is 1.10. The highest BCUT2D eigenvalue weighted by Crippen LogP contribution is 2.45. The monoisotopic (exact) mass is 726 g/mol. The Balaban J connectivity index is 1.04. The molecule has 2 nitrogen and oxygen atoms in total. The maximum absolute atomic E-state index is 2.37. The van der Waals surface area contributed by atoms with E-state index < -0.39 is 0 Å². The summed E-state index contributed by atoms with van der Waals surface area (Å²) >= 11 is 0. The van der Waals surface area contributed by atoms with Crippen LogP contribution in [0.1, 0.15) is 5.56 Å². The Labute approximate surface area is 332 Å². The normalized spacial score (nSPS) is 11.6.